The third-order valence-electron chi connectivity index (χ3n) is 2.38. The molecular weight excluding hydrogens is 224 g/mol. The second kappa shape index (κ2) is 4.73. The summed E-state index contributed by atoms with van der Waals surface area (Å²) >= 11 is 3.28. The van der Waals surface area contributed by atoms with Crippen LogP contribution in [-0.4, -0.2) is 5.78 Å². The van der Waals surface area contributed by atoms with Crippen molar-refractivity contribution in [2.24, 2.45) is 0 Å². The first-order valence-electron chi connectivity index (χ1n) is 4.84. The van der Waals surface area contributed by atoms with Crippen molar-refractivity contribution in [1.82, 2.24) is 0 Å². The molecule has 0 atom stereocenters. The van der Waals surface area contributed by atoms with E-state index in [2.05, 4.69) is 16.8 Å². The van der Waals surface area contributed by atoms with E-state index in [4.69, 9.17) is 0 Å². The number of ketones is 1. The van der Waals surface area contributed by atoms with Gasteiger partial charge in [-0.2, -0.15) is 22.7 Å². The van der Waals surface area contributed by atoms with Gasteiger partial charge in [-0.25, -0.2) is 0 Å². The molecule has 2 aromatic rings. The molecule has 0 fully saturated rings. The van der Waals surface area contributed by atoms with Crippen LogP contribution in [0, 0.1) is 6.92 Å². The molecule has 0 aliphatic rings. The Hall–Kier alpha value is -0.930. The number of carbonyl (C=O) groups is 1. The van der Waals surface area contributed by atoms with E-state index in [9.17, 15) is 4.79 Å². The minimum atomic E-state index is 0.264. The fourth-order valence-electron chi connectivity index (χ4n) is 1.47. The highest BCUT2D eigenvalue weighted by Gasteiger charge is 2.09. The smallest absolute Gasteiger partial charge is 0.164 e. The van der Waals surface area contributed by atoms with Crippen LogP contribution in [0.5, 0.6) is 0 Å². The zero-order valence-electron chi connectivity index (χ0n) is 8.53. The van der Waals surface area contributed by atoms with Crippen molar-refractivity contribution in [3.05, 3.63) is 44.3 Å². The summed E-state index contributed by atoms with van der Waals surface area (Å²) in [4.78, 5) is 11.8. The number of hydrogen-bond donors (Lipinski definition) is 0. The van der Waals surface area contributed by atoms with E-state index in [1.54, 1.807) is 22.7 Å². The predicted octanol–water partition coefficient (Wildman–Crippen LogP) is 3.93. The first-order valence-corrected chi connectivity index (χ1v) is 6.73. The molecule has 3 heteroatoms. The summed E-state index contributed by atoms with van der Waals surface area (Å²) in [7, 11) is 0. The molecule has 15 heavy (non-hydrogen) atoms. The summed E-state index contributed by atoms with van der Waals surface area (Å²) in [5.41, 5.74) is 3.27. The van der Waals surface area contributed by atoms with E-state index in [0.717, 1.165) is 17.5 Å². The van der Waals surface area contributed by atoms with Crippen LogP contribution in [-0.2, 0) is 6.42 Å². The fraction of sp³-hybridized carbons (Fsp3) is 0.250. The van der Waals surface area contributed by atoms with Crippen LogP contribution in [0.1, 0.15) is 27.9 Å². The molecule has 0 aliphatic heterocycles. The number of Topliss-reactive ketones (excluding diaryl/α,β-unsaturated/α-hetero) is 1. The lowest BCUT2D eigenvalue weighted by Crippen LogP contribution is -2.00. The average Bonchev–Trinajstić information content (AvgIpc) is 2.84. The van der Waals surface area contributed by atoms with Gasteiger partial charge in [0.05, 0.1) is 0 Å². The normalized spacial score (nSPS) is 10.5. The highest BCUT2D eigenvalue weighted by Crippen LogP contribution is 2.17. The van der Waals surface area contributed by atoms with Gasteiger partial charge < -0.3 is 0 Å². The van der Waals surface area contributed by atoms with Crippen LogP contribution >= 0.6 is 22.7 Å². The lowest BCUT2D eigenvalue weighted by molar-refractivity contribution is 0.0983. The number of carbonyl (C=O) groups excluding carboxylic acids is 1. The van der Waals surface area contributed by atoms with Gasteiger partial charge in [0.1, 0.15) is 0 Å². The van der Waals surface area contributed by atoms with E-state index in [-0.39, 0.29) is 5.78 Å². The number of rotatable bonds is 4. The molecule has 0 aromatic carbocycles. The Labute approximate surface area is 97.4 Å². The highest BCUT2D eigenvalue weighted by molar-refractivity contribution is 7.08. The molecule has 0 aliphatic carbocycles. The molecule has 0 saturated heterocycles. The minimum Gasteiger partial charge on any atom is -0.294 e. The molecule has 2 aromatic heterocycles. The van der Waals surface area contributed by atoms with Crippen molar-refractivity contribution >= 4 is 28.5 Å². The van der Waals surface area contributed by atoms with Gasteiger partial charge >= 0.3 is 0 Å². The molecule has 0 saturated carbocycles. The zero-order valence-corrected chi connectivity index (χ0v) is 10.2. The van der Waals surface area contributed by atoms with Crippen molar-refractivity contribution in [3.63, 3.8) is 0 Å². The number of thiophene rings is 2. The third kappa shape index (κ3) is 2.55. The van der Waals surface area contributed by atoms with Crippen LogP contribution in [0.2, 0.25) is 0 Å². The molecular formula is C12H12OS2. The Morgan fingerprint density at radius 1 is 1.27 bits per heavy atom. The largest absolute Gasteiger partial charge is 0.294 e. The molecule has 1 nitrogen and oxygen atoms in total. The van der Waals surface area contributed by atoms with Gasteiger partial charge in [-0.3, -0.25) is 4.79 Å². The Morgan fingerprint density at radius 2 is 2.13 bits per heavy atom. The molecule has 0 amide bonds. The average molecular weight is 236 g/mol. The summed E-state index contributed by atoms with van der Waals surface area (Å²) < 4.78 is 0. The molecule has 78 valence electrons. The molecule has 0 spiro atoms. The lowest BCUT2D eigenvalue weighted by Gasteiger charge is -1.98. The third-order valence-corrected chi connectivity index (χ3v) is 3.97. The first-order chi connectivity index (χ1) is 7.27. The lowest BCUT2D eigenvalue weighted by atomic mass is 10.0. The van der Waals surface area contributed by atoms with Gasteiger partial charge in [0.15, 0.2) is 5.78 Å². The number of hydrogen-bond acceptors (Lipinski definition) is 3. The molecule has 0 unspecified atom stereocenters. The zero-order chi connectivity index (χ0) is 10.7. The van der Waals surface area contributed by atoms with Crippen LogP contribution in [0.3, 0.4) is 0 Å². The van der Waals surface area contributed by atoms with E-state index in [1.165, 1.54) is 5.56 Å². The Kier molecular flexibility index (Phi) is 3.34. The maximum absolute atomic E-state index is 11.8. The number of aryl methyl sites for hydroxylation is 2. The van der Waals surface area contributed by atoms with Gasteiger partial charge in [0.2, 0.25) is 0 Å². The van der Waals surface area contributed by atoms with Crippen LogP contribution in [0.15, 0.2) is 27.6 Å². The van der Waals surface area contributed by atoms with Gasteiger partial charge in [-0.15, -0.1) is 0 Å². The van der Waals surface area contributed by atoms with E-state index < -0.39 is 0 Å². The monoisotopic (exact) mass is 236 g/mol. The van der Waals surface area contributed by atoms with Crippen molar-refractivity contribution in [1.29, 1.82) is 0 Å². The van der Waals surface area contributed by atoms with E-state index >= 15 is 0 Å². The Balaban J connectivity index is 1.96. The molecule has 0 radical (unpaired) electrons. The Morgan fingerprint density at radius 3 is 2.73 bits per heavy atom. The standard InChI is InChI=1S/C12H12OS2/c1-9-6-15-8-11(9)12(13)3-2-10-4-5-14-7-10/h4-8H,2-3H2,1H3. The minimum absolute atomic E-state index is 0.264. The van der Waals surface area contributed by atoms with Gasteiger partial charge in [-0.1, -0.05) is 0 Å². The van der Waals surface area contributed by atoms with Crippen molar-refractivity contribution < 1.29 is 4.79 Å². The maximum Gasteiger partial charge on any atom is 0.164 e. The summed E-state index contributed by atoms with van der Waals surface area (Å²) in [6, 6.07) is 2.08. The molecule has 0 bridgehead atoms. The Bertz CT molecular complexity index is 440. The second-order valence-electron chi connectivity index (χ2n) is 3.52. The quantitative estimate of drug-likeness (QED) is 0.735. The molecule has 2 heterocycles. The van der Waals surface area contributed by atoms with Gasteiger partial charge in [0, 0.05) is 17.4 Å². The van der Waals surface area contributed by atoms with Crippen LogP contribution < -0.4 is 0 Å². The summed E-state index contributed by atoms with van der Waals surface area (Å²) in [6.07, 6.45) is 1.48. The van der Waals surface area contributed by atoms with Crippen LogP contribution in [0.25, 0.3) is 0 Å². The molecule has 0 N–H and O–H groups in total. The fourth-order valence-corrected chi connectivity index (χ4v) is 3.03. The predicted molar refractivity (Wildman–Crippen MR) is 66.0 cm³/mol. The molecule has 2 rings (SSSR count). The van der Waals surface area contributed by atoms with Crippen molar-refractivity contribution in [2.45, 2.75) is 19.8 Å². The second-order valence-corrected chi connectivity index (χ2v) is 5.05. The maximum atomic E-state index is 11.8. The summed E-state index contributed by atoms with van der Waals surface area (Å²) in [6.45, 7) is 1.99. The first kappa shape index (κ1) is 10.6. The van der Waals surface area contributed by atoms with Crippen LogP contribution in [0.4, 0.5) is 0 Å². The SMILES string of the molecule is Cc1cscc1C(=O)CCc1ccsc1. The summed E-state index contributed by atoms with van der Waals surface area (Å²) in [5, 5.41) is 8.13. The topological polar surface area (TPSA) is 17.1 Å². The van der Waals surface area contributed by atoms with E-state index in [0.29, 0.717) is 6.42 Å². The summed E-state index contributed by atoms with van der Waals surface area (Å²) in [5.74, 6) is 0.264. The van der Waals surface area contributed by atoms with E-state index in [1.807, 2.05) is 17.7 Å². The van der Waals surface area contributed by atoms with Crippen molar-refractivity contribution in [3.8, 4) is 0 Å². The van der Waals surface area contributed by atoms with Gasteiger partial charge in [0.25, 0.3) is 0 Å². The van der Waals surface area contributed by atoms with Gasteiger partial charge in [-0.05, 0) is 46.7 Å². The highest BCUT2D eigenvalue weighted by atomic mass is 32.1. The van der Waals surface area contributed by atoms with Crippen molar-refractivity contribution in [2.75, 3.05) is 0 Å².